The molecule has 1 unspecified atom stereocenters. The maximum absolute atomic E-state index is 5.71. The Morgan fingerprint density at radius 1 is 1.56 bits per heavy atom. The lowest BCUT2D eigenvalue weighted by Crippen LogP contribution is -2.43. The Morgan fingerprint density at radius 3 is 3.11 bits per heavy atom. The number of ether oxygens (including phenoxy) is 2. The standard InChI is InChI=1S/C14H22N2O2/c1-14(2)9-12(5-7-18-14)16-10-11-4-6-15-13(8-11)17-3/h4,6,8,12,16H,5,7,9-10H2,1-3H3. The largest absolute Gasteiger partial charge is 0.481 e. The summed E-state index contributed by atoms with van der Waals surface area (Å²) in [5, 5.41) is 3.58. The number of nitrogens with zero attached hydrogens (tertiary/aromatic N) is 1. The minimum absolute atomic E-state index is 0.00809. The molecule has 18 heavy (non-hydrogen) atoms. The van der Waals surface area contributed by atoms with Crippen molar-refractivity contribution in [1.29, 1.82) is 0 Å². The van der Waals surface area contributed by atoms with E-state index in [0.29, 0.717) is 11.9 Å². The fraction of sp³-hybridized carbons (Fsp3) is 0.643. The van der Waals surface area contributed by atoms with Crippen molar-refractivity contribution in [3.05, 3.63) is 23.9 Å². The molecule has 100 valence electrons. The zero-order valence-corrected chi connectivity index (χ0v) is 11.4. The van der Waals surface area contributed by atoms with Crippen molar-refractivity contribution in [3.8, 4) is 5.88 Å². The van der Waals surface area contributed by atoms with Crippen molar-refractivity contribution in [2.75, 3.05) is 13.7 Å². The minimum Gasteiger partial charge on any atom is -0.481 e. The average molecular weight is 250 g/mol. The highest BCUT2D eigenvalue weighted by Crippen LogP contribution is 2.24. The second-order valence-corrected chi connectivity index (χ2v) is 5.39. The topological polar surface area (TPSA) is 43.4 Å². The first-order valence-electron chi connectivity index (χ1n) is 6.45. The van der Waals surface area contributed by atoms with Crippen LogP contribution >= 0.6 is 0 Å². The van der Waals surface area contributed by atoms with Crippen LogP contribution in [0.3, 0.4) is 0 Å². The Morgan fingerprint density at radius 2 is 2.39 bits per heavy atom. The molecule has 0 aromatic carbocycles. The Labute approximate surface area is 109 Å². The normalized spacial score (nSPS) is 22.7. The van der Waals surface area contributed by atoms with Crippen LogP contribution in [0.5, 0.6) is 5.88 Å². The van der Waals surface area contributed by atoms with E-state index in [1.807, 2.05) is 12.1 Å². The lowest BCUT2D eigenvalue weighted by Gasteiger charge is -2.36. The number of aromatic nitrogens is 1. The predicted molar refractivity (Wildman–Crippen MR) is 70.7 cm³/mol. The second-order valence-electron chi connectivity index (χ2n) is 5.39. The van der Waals surface area contributed by atoms with Crippen molar-refractivity contribution in [3.63, 3.8) is 0 Å². The summed E-state index contributed by atoms with van der Waals surface area (Å²) in [5.74, 6) is 0.668. The van der Waals surface area contributed by atoms with E-state index in [4.69, 9.17) is 9.47 Å². The molecule has 0 radical (unpaired) electrons. The van der Waals surface area contributed by atoms with Gasteiger partial charge in [0.1, 0.15) is 0 Å². The smallest absolute Gasteiger partial charge is 0.213 e. The number of rotatable bonds is 4. The third kappa shape index (κ3) is 3.68. The predicted octanol–water partition coefficient (Wildman–Crippen LogP) is 2.14. The van der Waals surface area contributed by atoms with Crippen molar-refractivity contribution in [2.24, 2.45) is 0 Å². The maximum atomic E-state index is 5.71. The summed E-state index contributed by atoms with van der Waals surface area (Å²) in [6.45, 7) is 5.98. The van der Waals surface area contributed by atoms with Gasteiger partial charge < -0.3 is 14.8 Å². The summed E-state index contributed by atoms with van der Waals surface area (Å²) in [7, 11) is 1.64. The highest BCUT2D eigenvalue weighted by molar-refractivity contribution is 5.20. The zero-order valence-electron chi connectivity index (χ0n) is 11.4. The quantitative estimate of drug-likeness (QED) is 0.889. The summed E-state index contributed by atoms with van der Waals surface area (Å²) in [5.41, 5.74) is 1.19. The molecule has 1 N–H and O–H groups in total. The molecule has 1 aliphatic rings. The summed E-state index contributed by atoms with van der Waals surface area (Å²) in [6, 6.07) is 4.50. The van der Waals surface area contributed by atoms with Crippen LogP contribution in [0.4, 0.5) is 0 Å². The van der Waals surface area contributed by atoms with Gasteiger partial charge in [-0.05, 0) is 38.3 Å². The highest BCUT2D eigenvalue weighted by atomic mass is 16.5. The van der Waals surface area contributed by atoms with Crippen molar-refractivity contribution >= 4 is 0 Å². The number of pyridine rings is 1. The van der Waals surface area contributed by atoms with Gasteiger partial charge in [-0.25, -0.2) is 4.98 Å². The summed E-state index contributed by atoms with van der Waals surface area (Å²) in [4.78, 5) is 4.11. The molecule has 1 aromatic rings. The van der Waals surface area contributed by atoms with Crippen molar-refractivity contribution in [2.45, 2.75) is 44.9 Å². The van der Waals surface area contributed by atoms with Crippen LogP contribution in [0.1, 0.15) is 32.3 Å². The molecule has 1 saturated heterocycles. The average Bonchev–Trinajstić information content (AvgIpc) is 2.35. The molecule has 0 amide bonds. The Hall–Kier alpha value is -1.13. The van der Waals surface area contributed by atoms with E-state index in [0.717, 1.165) is 26.0 Å². The van der Waals surface area contributed by atoms with E-state index in [1.165, 1.54) is 5.56 Å². The summed E-state index contributed by atoms with van der Waals surface area (Å²) >= 11 is 0. The van der Waals surface area contributed by atoms with E-state index >= 15 is 0 Å². The molecule has 0 aliphatic carbocycles. The summed E-state index contributed by atoms with van der Waals surface area (Å²) in [6.07, 6.45) is 3.91. The lowest BCUT2D eigenvalue weighted by atomic mass is 9.94. The van der Waals surface area contributed by atoms with Gasteiger partial charge in [0.15, 0.2) is 0 Å². The molecule has 0 spiro atoms. The van der Waals surface area contributed by atoms with Gasteiger partial charge in [-0.3, -0.25) is 0 Å². The molecule has 4 heteroatoms. The van der Waals surface area contributed by atoms with Gasteiger partial charge in [-0.1, -0.05) is 0 Å². The van der Waals surface area contributed by atoms with Crippen LogP contribution in [0.25, 0.3) is 0 Å². The minimum atomic E-state index is -0.00809. The fourth-order valence-electron chi connectivity index (χ4n) is 2.34. The Bertz CT molecular complexity index is 393. The summed E-state index contributed by atoms with van der Waals surface area (Å²) < 4.78 is 10.8. The van der Waals surface area contributed by atoms with Gasteiger partial charge in [0.05, 0.1) is 12.7 Å². The first-order chi connectivity index (χ1) is 8.59. The number of hydrogen-bond donors (Lipinski definition) is 1. The molecule has 4 nitrogen and oxygen atoms in total. The highest BCUT2D eigenvalue weighted by Gasteiger charge is 2.28. The van der Waals surface area contributed by atoms with Crippen LogP contribution in [-0.4, -0.2) is 30.3 Å². The molecule has 1 atom stereocenters. The van der Waals surface area contributed by atoms with Crippen LogP contribution in [0.15, 0.2) is 18.3 Å². The molecule has 0 saturated carbocycles. The molecular weight excluding hydrogens is 228 g/mol. The molecule has 0 bridgehead atoms. The monoisotopic (exact) mass is 250 g/mol. The Balaban J connectivity index is 1.87. The van der Waals surface area contributed by atoms with Crippen molar-refractivity contribution < 1.29 is 9.47 Å². The Kier molecular flexibility index (Phi) is 4.19. The van der Waals surface area contributed by atoms with Gasteiger partial charge in [-0.15, -0.1) is 0 Å². The van der Waals surface area contributed by atoms with Gasteiger partial charge >= 0.3 is 0 Å². The molecule has 2 rings (SSSR count). The first-order valence-corrected chi connectivity index (χ1v) is 6.45. The van der Waals surface area contributed by atoms with Crippen LogP contribution in [0.2, 0.25) is 0 Å². The number of hydrogen-bond acceptors (Lipinski definition) is 4. The van der Waals surface area contributed by atoms with Crippen LogP contribution < -0.4 is 10.1 Å². The fourth-order valence-corrected chi connectivity index (χ4v) is 2.34. The van der Waals surface area contributed by atoms with E-state index < -0.39 is 0 Å². The van der Waals surface area contributed by atoms with E-state index in [1.54, 1.807) is 13.3 Å². The van der Waals surface area contributed by atoms with E-state index in [9.17, 15) is 0 Å². The van der Waals surface area contributed by atoms with Gasteiger partial charge in [0, 0.05) is 31.5 Å². The third-order valence-corrected chi connectivity index (χ3v) is 3.30. The number of methoxy groups -OCH3 is 1. The van der Waals surface area contributed by atoms with Gasteiger partial charge in [0.2, 0.25) is 5.88 Å². The molecule has 2 heterocycles. The number of nitrogens with one attached hydrogen (secondary N) is 1. The SMILES string of the molecule is COc1cc(CNC2CCOC(C)(C)C2)ccn1. The molecule has 1 aromatic heterocycles. The van der Waals surface area contributed by atoms with Gasteiger partial charge in [-0.2, -0.15) is 0 Å². The first kappa shape index (κ1) is 13.3. The second kappa shape index (κ2) is 5.67. The maximum Gasteiger partial charge on any atom is 0.213 e. The van der Waals surface area contributed by atoms with E-state index in [-0.39, 0.29) is 5.60 Å². The van der Waals surface area contributed by atoms with E-state index in [2.05, 4.69) is 24.1 Å². The molecule has 1 aliphatic heterocycles. The van der Waals surface area contributed by atoms with Crippen LogP contribution in [-0.2, 0) is 11.3 Å². The zero-order chi connectivity index (χ0) is 13.0. The lowest BCUT2D eigenvalue weighted by molar-refractivity contribution is -0.0630. The van der Waals surface area contributed by atoms with Crippen molar-refractivity contribution in [1.82, 2.24) is 10.3 Å². The van der Waals surface area contributed by atoms with Gasteiger partial charge in [0.25, 0.3) is 0 Å². The molecule has 1 fully saturated rings. The molecular formula is C14H22N2O2. The van der Waals surface area contributed by atoms with Crippen LogP contribution in [0, 0.1) is 0 Å². The third-order valence-electron chi connectivity index (χ3n) is 3.30.